The average Bonchev–Trinajstić information content (AvgIpc) is 2.93. The van der Waals surface area contributed by atoms with Crippen molar-refractivity contribution in [2.24, 2.45) is 0 Å². The van der Waals surface area contributed by atoms with Crippen molar-refractivity contribution < 1.29 is 20.1 Å². The molecule has 84 valence electrons. The number of hydrogen-bond donors (Lipinski definition) is 4. The first-order chi connectivity index (χ1) is 7.61. The zero-order valence-corrected chi connectivity index (χ0v) is 9.86. The van der Waals surface area contributed by atoms with E-state index in [1.807, 2.05) is 0 Å². The van der Waals surface area contributed by atoms with Crippen molar-refractivity contribution >= 4 is 47.8 Å². The van der Waals surface area contributed by atoms with Gasteiger partial charge in [-0.1, -0.05) is 12.1 Å². The minimum absolute atomic E-state index is 0.565. The molecule has 0 amide bonds. The second kappa shape index (κ2) is 6.85. The molecule has 4 nitrogen and oxygen atoms in total. The summed E-state index contributed by atoms with van der Waals surface area (Å²) in [6, 6.07) is 3.35. The first-order valence-corrected chi connectivity index (χ1v) is 6.26. The monoisotopic (exact) mass is 256 g/mol. The van der Waals surface area contributed by atoms with Gasteiger partial charge >= 0.3 is 14.2 Å². The molecule has 2 heterocycles. The van der Waals surface area contributed by atoms with Crippen molar-refractivity contribution in [3.63, 3.8) is 0 Å². The zero-order chi connectivity index (χ0) is 12.0. The highest BCUT2D eigenvalue weighted by atomic mass is 32.1. The van der Waals surface area contributed by atoms with E-state index >= 15 is 0 Å². The lowest BCUT2D eigenvalue weighted by Crippen LogP contribution is -2.27. The van der Waals surface area contributed by atoms with E-state index in [1.165, 1.54) is 22.7 Å². The summed E-state index contributed by atoms with van der Waals surface area (Å²) in [5, 5.41) is 40.9. The minimum atomic E-state index is -1.30. The standard InChI is InChI=1S/2C4H5BO2S/c2*6-5(7)4-1-2-8-3-4/h2*1-3,6-7H. The fourth-order valence-electron chi connectivity index (χ4n) is 0.844. The molecule has 2 aromatic rings. The number of hydrogen-bond acceptors (Lipinski definition) is 6. The lowest BCUT2D eigenvalue weighted by Gasteiger charge is -1.87. The first-order valence-electron chi connectivity index (χ1n) is 4.37. The van der Waals surface area contributed by atoms with Gasteiger partial charge in [-0.2, -0.15) is 22.7 Å². The van der Waals surface area contributed by atoms with E-state index in [-0.39, 0.29) is 0 Å². The van der Waals surface area contributed by atoms with Gasteiger partial charge in [0.2, 0.25) is 0 Å². The number of rotatable bonds is 2. The van der Waals surface area contributed by atoms with E-state index in [2.05, 4.69) is 0 Å². The summed E-state index contributed by atoms with van der Waals surface area (Å²) < 4.78 is 0. The molecule has 0 aromatic carbocycles. The first kappa shape index (κ1) is 13.4. The van der Waals surface area contributed by atoms with Crippen LogP contribution in [-0.4, -0.2) is 34.3 Å². The molecular formula is C8H10B2O4S2. The van der Waals surface area contributed by atoms with Crippen LogP contribution in [0.4, 0.5) is 0 Å². The van der Waals surface area contributed by atoms with Gasteiger partial charge in [0.05, 0.1) is 0 Å². The maximum absolute atomic E-state index is 8.47. The molecule has 2 rings (SSSR count). The lowest BCUT2D eigenvalue weighted by molar-refractivity contribution is 0.424. The van der Waals surface area contributed by atoms with Gasteiger partial charge in [0.1, 0.15) is 0 Å². The van der Waals surface area contributed by atoms with E-state index < -0.39 is 14.2 Å². The van der Waals surface area contributed by atoms with Gasteiger partial charge in [-0.25, -0.2) is 0 Å². The third-order valence-corrected chi connectivity index (χ3v) is 3.09. The molecule has 0 spiro atoms. The Kier molecular flexibility index (Phi) is 5.75. The Balaban J connectivity index is 0.000000160. The molecule has 16 heavy (non-hydrogen) atoms. The van der Waals surface area contributed by atoms with Crippen molar-refractivity contribution in [2.45, 2.75) is 0 Å². The molecule has 0 unspecified atom stereocenters. The predicted octanol–water partition coefficient (Wildman–Crippen LogP) is -1.14. The van der Waals surface area contributed by atoms with Gasteiger partial charge < -0.3 is 20.1 Å². The molecule has 8 heteroatoms. The Labute approximate surface area is 102 Å². The third-order valence-electron chi connectivity index (χ3n) is 1.68. The molecule has 0 saturated heterocycles. The second-order valence-electron chi connectivity index (χ2n) is 2.86. The van der Waals surface area contributed by atoms with Crippen LogP contribution in [0.2, 0.25) is 0 Å². The van der Waals surface area contributed by atoms with Crippen molar-refractivity contribution in [2.75, 3.05) is 0 Å². The summed E-state index contributed by atoms with van der Waals surface area (Å²) in [5.41, 5.74) is 1.13. The summed E-state index contributed by atoms with van der Waals surface area (Å²) >= 11 is 2.90. The zero-order valence-electron chi connectivity index (χ0n) is 8.22. The van der Waals surface area contributed by atoms with Crippen molar-refractivity contribution in [1.82, 2.24) is 0 Å². The van der Waals surface area contributed by atoms with Gasteiger partial charge in [0, 0.05) is 0 Å². The molecule has 0 saturated carbocycles. The number of thiophene rings is 2. The Hall–Kier alpha value is -0.630. The van der Waals surface area contributed by atoms with Crippen LogP contribution in [0.25, 0.3) is 0 Å². The summed E-state index contributed by atoms with van der Waals surface area (Å²) in [7, 11) is -2.61. The normalized spacial score (nSPS) is 9.25. The van der Waals surface area contributed by atoms with Gasteiger partial charge in [-0.05, 0) is 32.4 Å². The fraction of sp³-hybridized carbons (Fsp3) is 0. The third kappa shape index (κ3) is 4.48. The maximum atomic E-state index is 8.47. The summed E-state index contributed by atoms with van der Waals surface area (Å²) in [6.45, 7) is 0. The van der Waals surface area contributed by atoms with Crippen LogP contribution in [0, 0.1) is 0 Å². The van der Waals surface area contributed by atoms with Gasteiger partial charge in [-0.15, -0.1) is 0 Å². The molecule has 0 aliphatic heterocycles. The molecule has 0 aliphatic rings. The van der Waals surface area contributed by atoms with Gasteiger partial charge in [-0.3, -0.25) is 0 Å². The fourth-order valence-corrected chi connectivity index (χ4v) is 2.19. The van der Waals surface area contributed by atoms with Crippen LogP contribution < -0.4 is 10.9 Å². The smallest absolute Gasteiger partial charge is 0.423 e. The summed E-state index contributed by atoms with van der Waals surface area (Å²) in [4.78, 5) is 0. The second-order valence-corrected chi connectivity index (χ2v) is 4.42. The van der Waals surface area contributed by atoms with E-state index in [1.54, 1.807) is 33.7 Å². The van der Waals surface area contributed by atoms with Crippen LogP contribution in [-0.2, 0) is 0 Å². The Morgan fingerprint density at radius 3 is 1.25 bits per heavy atom. The average molecular weight is 256 g/mol. The van der Waals surface area contributed by atoms with E-state index in [9.17, 15) is 0 Å². The van der Waals surface area contributed by atoms with Crippen molar-refractivity contribution in [1.29, 1.82) is 0 Å². The Morgan fingerprint density at radius 1 is 0.750 bits per heavy atom. The van der Waals surface area contributed by atoms with Crippen LogP contribution >= 0.6 is 22.7 Å². The molecule has 0 atom stereocenters. The molecule has 0 radical (unpaired) electrons. The van der Waals surface area contributed by atoms with Crippen LogP contribution in [0.3, 0.4) is 0 Å². The van der Waals surface area contributed by atoms with Crippen LogP contribution in [0.15, 0.2) is 33.7 Å². The predicted molar refractivity (Wildman–Crippen MR) is 68.3 cm³/mol. The quantitative estimate of drug-likeness (QED) is 0.512. The lowest BCUT2D eigenvalue weighted by atomic mass is 9.83. The SMILES string of the molecule is OB(O)c1ccsc1.OB(O)c1ccsc1. The van der Waals surface area contributed by atoms with E-state index in [4.69, 9.17) is 20.1 Å². The topological polar surface area (TPSA) is 80.9 Å². The summed E-state index contributed by atoms with van der Waals surface area (Å²) in [6.07, 6.45) is 0. The van der Waals surface area contributed by atoms with E-state index in [0.29, 0.717) is 10.9 Å². The largest absolute Gasteiger partial charge is 0.489 e. The molecule has 0 bridgehead atoms. The van der Waals surface area contributed by atoms with Crippen molar-refractivity contribution in [3.8, 4) is 0 Å². The molecular weight excluding hydrogens is 246 g/mol. The maximum Gasteiger partial charge on any atom is 0.489 e. The molecule has 0 aliphatic carbocycles. The van der Waals surface area contributed by atoms with Crippen LogP contribution in [0.5, 0.6) is 0 Å². The molecule has 0 fully saturated rings. The highest BCUT2D eigenvalue weighted by Crippen LogP contribution is 1.92. The molecule has 2 aromatic heterocycles. The highest BCUT2D eigenvalue weighted by molar-refractivity contribution is 7.09. The van der Waals surface area contributed by atoms with Gasteiger partial charge in [0.25, 0.3) is 0 Å². The molecule has 4 N–H and O–H groups in total. The Morgan fingerprint density at radius 2 is 1.12 bits per heavy atom. The van der Waals surface area contributed by atoms with E-state index in [0.717, 1.165) is 0 Å². The summed E-state index contributed by atoms with van der Waals surface area (Å²) in [5.74, 6) is 0. The van der Waals surface area contributed by atoms with Gasteiger partial charge in [0.15, 0.2) is 0 Å². The Bertz CT molecular complexity index is 336. The highest BCUT2D eigenvalue weighted by Gasteiger charge is 2.09. The minimum Gasteiger partial charge on any atom is -0.423 e. The van der Waals surface area contributed by atoms with Crippen LogP contribution in [0.1, 0.15) is 0 Å². The van der Waals surface area contributed by atoms with Crippen molar-refractivity contribution in [3.05, 3.63) is 33.7 Å².